The van der Waals surface area contributed by atoms with E-state index >= 15 is 0 Å². The fourth-order valence-electron chi connectivity index (χ4n) is 3.16. The van der Waals surface area contributed by atoms with Crippen molar-refractivity contribution in [3.8, 4) is 11.5 Å². The molecule has 0 saturated carbocycles. The van der Waals surface area contributed by atoms with Crippen LogP contribution in [0.5, 0.6) is 0 Å². The summed E-state index contributed by atoms with van der Waals surface area (Å²) in [6.07, 6.45) is 0. The van der Waals surface area contributed by atoms with Crippen LogP contribution in [0.4, 0.5) is 0 Å². The number of esters is 1. The van der Waals surface area contributed by atoms with E-state index in [0.29, 0.717) is 23.6 Å². The molecule has 5 heteroatoms. The molecule has 0 spiro atoms. The maximum absolute atomic E-state index is 12.3. The highest BCUT2D eigenvalue weighted by Gasteiger charge is 2.13. The number of fused-ring (bicyclic) bond motifs is 1. The van der Waals surface area contributed by atoms with E-state index in [9.17, 15) is 4.79 Å². The molecule has 0 aliphatic heterocycles. The fraction of sp³-hybridized carbons (Fsp3) is 0.364. The van der Waals surface area contributed by atoms with Gasteiger partial charge in [0, 0.05) is 12.1 Å². The second kappa shape index (κ2) is 8.35. The molecular weight excluding hydrogens is 340 g/mol. The third-order valence-corrected chi connectivity index (χ3v) is 4.63. The van der Waals surface area contributed by atoms with E-state index in [-0.39, 0.29) is 5.97 Å². The van der Waals surface area contributed by atoms with Crippen LogP contribution in [0.1, 0.15) is 35.3 Å². The van der Waals surface area contributed by atoms with Crippen LogP contribution in [0, 0.1) is 13.8 Å². The minimum Gasteiger partial charge on any atom is -0.461 e. The Morgan fingerprint density at radius 3 is 2.44 bits per heavy atom. The summed E-state index contributed by atoms with van der Waals surface area (Å²) < 4.78 is 11.3. The highest BCUT2D eigenvalue weighted by atomic mass is 16.5. The first-order valence-electron chi connectivity index (χ1n) is 9.39. The molecule has 0 saturated heterocycles. The van der Waals surface area contributed by atoms with Crippen molar-refractivity contribution in [2.24, 2.45) is 0 Å². The van der Waals surface area contributed by atoms with E-state index in [2.05, 4.69) is 29.8 Å². The van der Waals surface area contributed by atoms with Crippen LogP contribution in [-0.2, 0) is 4.74 Å². The summed E-state index contributed by atoms with van der Waals surface area (Å²) in [5, 5.41) is 0. The maximum atomic E-state index is 12.3. The number of nitrogens with zero attached hydrogens (tertiary/aromatic N) is 2. The zero-order valence-electron chi connectivity index (χ0n) is 16.4. The Bertz CT molecular complexity index is 922. The molecule has 0 amide bonds. The first-order chi connectivity index (χ1) is 13.0. The van der Waals surface area contributed by atoms with Crippen molar-refractivity contribution in [1.29, 1.82) is 0 Å². The van der Waals surface area contributed by atoms with Crippen LogP contribution in [0.2, 0.25) is 0 Å². The minimum absolute atomic E-state index is 0.339. The summed E-state index contributed by atoms with van der Waals surface area (Å²) >= 11 is 0. The lowest BCUT2D eigenvalue weighted by Gasteiger charge is -2.17. The molecule has 0 radical (unpaired) electrons. The minimum atomic E-state index is -0.339. The number of benzene rings is 2. The third kappa shape index (κ3) is 4.55. The van der Waals surface area contributed by atoms with Gasteiger partial charge in [0.2, 0.25) is 5.89 Å². The molecule has 1 aromatic heterocycles. The first-order valence-corrected chi connectivity index (χ1v) is 9.39. The molecule has 0 atom stereocenters. The van der Waals surface area contributed by atoms with Crippen molar-refractivity contribution in [3.63, 3.8) is 0 Å². The Hall–Kier alpha value is -2.66. The van der Waals surface area contributed by atoms with Gasteiger partial charge >= 0.3 is 5.97 Å². The Labute approximate surface area is 160 Å². The van der Waals surface area contributed by atoms with Crippen molar-refractivity contribution < 1.29 is 13.9 Å². The number of ether oxygens (including phenoxy) is 1. The van der Waals surface area contributed by atoms with Crippen LogP contribution >= 0.6 is 0 Å². The van der Waals surface area contributed by atoms with Gasteiger partial charge < -0.3 is 14.1 Å². The number of aromatic nitrogens is 1. The first kappa shape index (κ1) is 19.1. The lowest BCUT2D eigenvalue weighted by Crippen LogP contribution is -2.27. The number of carbonyl (C=O) groups excluding carboxylic acids is 1. The number of rotatable bonds is 7. The zero-order valence-corrected chi connectivity index (χ0v) is 16.4. The topological polar surface area (TPSA) is 55.6 Å². The molecule has 3 aromatic rings. The molecule has 0 aliphatic carbocycles. The Kier molecular flexibility index (Phi) is 5.91. The van der Waals surface area contributed by atoms with E-state index in [1.165, 1.54) is 0 Å². The molecule has 1 heterocycles. The van der Waals surface area contributed by atoms with Crippen molar-refractivity contribution in [2.75, 3.05) is 26.2 Å². The largest absolute Gasteiger partial charge is 0.461 e. The molecule has 0 aliphatic rings. The van der Waals surface area contributed by atoms with Crippen LogP contribution in [0.3, 0.4) is 0 Å². The number of carbonyl (C=O) groups is 1. The van der Waals surface area contributed by atoms with E-state index in [0.717, 1.165) is 41.8 Å². The standard InChI is InChI=1S/C22H26N2O3/c1-5-24(6-2)9-10-26-22(25)17-7-8-19-20(14-17)27-21(23-19)18-12-15(3)11-16(4)13-18/h7-8,11-14H,5-6,9-10H2,1-4H3. The summed E-state index contributed by atoms with van der Waals surface area (Å²) in [5.74, 6) is 0.220. The molecule has 0 fully saturated rings. The number of aryl methyl sites for hydroxylation is 2. The molecular formula is C22H26N2O3. The van der Waals surface area contributed by atoms with Gasteiger partial charge in [-0.2, -0.15) is 0 Å². The Morgan fingerprint density at radius 2 is 1.78 bits per heavy atom. The second-order valence-electron chi connectivity index (χ2n) is 6.74. The summed E-state index contributed by atoms with van der Waals surface area (Å²) in [4.78, 5) is 19.1. The van der Waals surface area contributed by atoms with Gasteiger partial charge in [-0.15, -0.1) is 0 Å². The molecule has 3 rings (SSSR count). The van der Waals surface area contributed by atoms with Gasteiger partial charge in [-0.1, -0.05) is 31.0 Å². The molecule has 5 nitrogen and oxygen atoms in total. The average molecular weight is 366 g/mol. The molecule has 142 valence electrons. The van der Waals surface area contributed by atoms with Gasteiger partial charge in [0.25, 0.3) is 0 Å². The van der Waals surface area contributed by atoms with E-state index in [4.69, 9.17) is 9.15 Å². The monoisotopic (exact) mass is 366 g/mol. The number of hydrogen-bond donors (Lipinski definition) is 0. The number of likely N-dealkylation sites (N-methyl/N-ethyl adjacent to an activating group) is 1. The van der Waals surface area contributed by atoms with E-state index < -0.39 is 0 Å². The second-order valence-corrected chi connectivity index (χ2v) is 6.74. The molecule has 0 unspecified atom stereocenters. The summed E-state index contributed by atoms with van der Waals surface area (Å²) in [6.45, 7) is 11.3. The quantitative estimate of drug-likeness (QED) is 0.572. The third-order valence-electron chi connectivity index (χ3n) is 4.63. The van der Waals surface area contributed by atoms with E-state index in [1.54, 1.807) is 18.2 Å². The predicted molar refractivity (Wildman–Crippen MR) is 107 cm³/mol. The molecule has 0 N–H and O–H groups in total. The normalized spacial score (nSPS) is 11.3. The summed E-state index contributed by atoms with van der Waals surface area (Å²) in [6, 6.07) is 11.4. The number of hydrogen-bond acceptors (Lipinski definition) is 5. The maximum Gasteiger partial charge on any atom is 0.338 e. The van der Waals surface area contributed by atoms with Gasteiger partial charge in [0.15, 0.2) is 5.58 Å². The van der Waals surface area contributed by atoms with Crippen molar-refractivity contribution in [2.45, 2.75) is 27.7 Å². The van der Waals surface area contributed by atoms with Gasteiger partial charge in [0.1, 0.15) is 12.1 Å². The van der Waals surface area contributed by atoms with Gasteiger partial charge in [-0.3, -0.25) is 0 Å². The molecule has 2 aromatic carbocycles. The lowest BCUT2D eigenvalue weighted by molar-refractivity contribution is 0.0466. The van der Waals surface area contributed by atoms with Crippen LogP contribution in [-0.4, -0.2) is 42.1 Å². The van der Waals surface area contributed by atoms with Gasteiger partial charge in [-0.25, -0.2) is 9.78 Å². The van der Waals surface area contributed by atoms with Gasteiger partial charge in [-0.05, 0) is 57.3 Å². The summed E-state index contributed by atoms with van der Waals surface area (Å²) in [7, 11) is 0. The fourth-order valence-corrected chi connectivity index (χ4v) is 3.16. The SMILES string of the molecule is CCN(CC)CCOC(=O)c1ccc2nc(-c3cc(C)cc(C)c3)oc2c1. The number of oxazole rings is 1. The zero-order chi connectivity index (χ0) is 19.4. The predicted octanol–water partition coefficient (Wildman–Crippen LogP) is 4.61. The van der Waals surface area contributed by atoms with E-state index in [1.807, 2.05) is 26.0 Å². The highest BCUT2D eigenvalue weighted by molar-refractivity contribution is 5.93. The summed E-state index contributed by atoms with van der Waals surface area (Å²) in [5.41, 5.74) is 5.04. The Balaban J connectivity index is 1.76. The van der Waals surface area contributed by atoms with Crippen molar-refractivity contribution >= 4 is 17.1 Å². The molecule has 27 heavy (non-hydrogen) atoms. The van der Waals surface area contributed by atoms with Crippen molar-refractivity contribution in [3.05, 3.63) is 53.1 Å². The highest BCUT2D eigenvalue weighted by Crippen LogP contribution is 2.26. The van der Waals surface area contributed by atoms with Crippen LogP contribution in [0.15, 0.2) is 40.8 Å². The molecule has 0 bridgehead atoms. The average Bonchev–Trinajstić information content (AvgIpc) is 3.07. The smallest absolute Gasteiger partial charge is 0.338 e. The van der Waals surface area contributed by atoms with Gasteiger partial charge in [0.05, 0.1) is 5.56 Å². The Morgan fingerprint density at radius 1 is 1.07 bits per heavy atom. The van der Waals surface area contributed by atoms with Crippen molar-refractivity contribution in [1.82, 2.24) is 9.88 Å². The van der Waals surface area contributed by atoms with Crippen LogP contribution in [0.25, 0.3) is 22.6 Å². The lowest BCUT2D eigenvalue weighted by atomic mass is 10.1. The van der Waals surface area contributed by atoms with Crippen LogP contribution < -0.4 is 0 Å².